The van der Waals surface area contributed by atoms with Crippen LogP contribution >= 0.6 is 12.2 Å². The first-order valence-electron chi connectivity index (χ1n) is 7.81. The van der Waals surface area contributed by atoms with Crippen molar-refractivity contribution in [2.75, 3.05) is 5.32 Å². The van der Waals surface area contributed by atoms with Crippen molar-refractivity contribution < 1.29 is 4.39 Å². The number of rotatable bonds is 4. The lowest BCUT2D eigenvalue weighted by molar-refractivity contribution is 0.619. The predicted molar refractivity (Wildman–Crippen MR) is 100 cm³/mol. The Morgan fingerprint density at radius 2 is 1.96 bits per heavy atom. The number of hydrogen-bond acceptors (Lipinski definition) is 3. The number of nitrogens with zero attached hydrogens (tertiary/aromatic N) is 3. The Labute approximate surface area is 150 Å². The van der Waals surface area contributed by atoms with Gasteiger partial charge in [-0.3, -0.25) is 0 Å². The van der Waals surface area contributed by atoms with Crippen LogP contribution in [0.25, 0.3) is 5.69 Å². The summed E-state index contributed by atoms with van der Waals surface area (Å²) >= 11 is 5.31. The van der Waals surface area contributed by atoms with E-state index >= 15 is 0 Å². The second-order valence-corrected chi connectivity index (χ2v) is 6.12. The van der Waals surface area contributed by atoms with E-state index in [1.54, 1.807) is 30.1 Å². The van der Waals surface area contributed by atoms with E-state index in [1.807, 2.05) is 31.2 Å². The first-order valence-corrected chi connectivity index (χ1v) is 8.22. The fourth-order valence-corrected chi connectivity index (χ4v) is 2.67. The maximum Gasteiger partial charge on any atom is 0.171 e. The molecule has 0 spiro atoms. The van der Waals surface area contributed by atoms with Crippen molar-refractivity contribution in [1.29, 1.82) is 0 Å². The van der Waals surface area contributed by atoms with Crippen molar-refractivity contribution in [3.63, 3.8) is 0 Å². The van der Waals surface area contributed by atoms with Crippen molar-refractivity contribution in [2.24, 2.45) is 0 Å². The summed E-state index contributed by atoms with van der Waals surface area (Å²) in [7, 11) is 0. The molecule has 0 saturated heterocycles. The van der Waals surface area contributed by atoms with Crippen LogP contribution in [-0.2, 0) is 0 Å². The van der Waals surface area contributed by atoms with Gasteiger partial charge in [-0.25, -0.2) is 14.1 Å². The highest BCUT2D eigenvalue weighted by Gasteiger charge is 2.08. The Morgan fingerprint density at radius 3 is 2.60 bits per heavy atom. The minimum absolute atomic E-state index is 0.0000849. The van der Waals surface area contributed by atoms with Crippen LogP contribution in [0.15, 0.2) is 55.1 Å². The van der Waals surface area contributed by atoms with Crippen molar-refractivity contribution >= 4 is 23.0 Å². The maximum absolute atomic E-state index is 13.6. The van der Waals surface area contributed by atoms with Gasteiger partial charge in [0.05, 0.1) is 11.7 Å². The highest BCUT2D eigenvalue weighted by Crippen LogP contribution is 2.17. The predicted octanol–water partition coefficient (Wildman–Crippen LogP) is 3.76. The third-order valence-electron chi connectivity index (χ3n) is 3.85. The Morgan fingerprint density at radius 1 is 1.20 bits per heavy atom. The zero-order valence-corrected chi connectivity index (χ0v) is 14.7. The molecule has 0 saturated carbocycles. The monoisotopic (exact) mass is 355 g/mol. The van der Waals surface area contributed by atoms with E-state index in [9.17, 15) is 4.39 Å². The average Bonchev–Trinajstić information content (AvgIpc) is 3.13. The fraction of sp³-hybridized carbons (Fsp3) is 0.167. The highest BCUT2D eigenvalue weighted by molar-refractivity contribution is 7.80. The summed E-state index contributed by atoms with van der Waals surface area (Å²) in [4.78, 5) is 3.93. The molecule has 0 amide bonds. The minimum atomic E-state index is -0.260. The zero-order valence-electron chi connectivity index (χ0n) is 13.9. The molecule has 0 aliphatic heterocycles. The van der Waals surface area contributed by atoms with Crippen LogP contribution in [0.3, 0.4) is 0 Å². The number of nitrogens with one attached hydrogen (secondary N) is 2. The maximum atomic E-state index is 13.6. The van der Waals surface area contributed by atoms with Gasteiger partial charge in [-0.15, -0.1) is 0 Å². The molecule has 0 bridgehead atoms. The summed E-state index contributed by atoms with van der Waals surface area (Å²) in [6.45, 7) is 3.73. The summed E-state index contributed by atoms with van der Waals surface area (Å²) in [5.41, 5.74) is 3.23. The molecule has 1 heterocycles. The molecule has 3 rings (SSSR count). The van der Waals surface area contributed by atoms with Gasteiger partial charge in [0.15, 0.2) is 5.11 Å². The average molecular weight is 355 g/mol. The van der Waals surface area contributed by atoms with Crippen LogP contribution in [0.5, 0.6) is 0 Å². The van der Waals surface area contributed by atoms with Gasteiger partial charge in [-0.1, -0.05) is 18.2 Å². The number of halogens is 1. The Hall–Kier alpha value is -2.80. The molecule has 2 N–H and O–H groups in total. The number of hydrogen-bond donors (Lipinski definition) is 2. The van der Waals surface area contributed by atoms with Crippen LogP contribution in [-0.4, -0.2) is 19.9 Å². The largest absolute Gasteiger partial charge is 0.356 e. The Kier molecular flexibility index (Phi) is 5.04. The standard InChI is InChI=1S/C18H18FN5S/c1-12-3-6-15(9-17(12)19)23-18(25)22-13(2)14-4-7-16(8-5-14)24-11-20-10-21-24/h3-11,13H,1-2H3,(H2,22,23,25)/t13-/m0/s1. The van der Waals surface area contributed by atoms with E-state index in [2.05, 4.69) is 20.7 Å². The molecule has 7 heteroatoms. The second kappa shape index (κ2) is 7.40. The molecule has 0 radical (unpaired) electrons. The summed E-state index contributed by atoms with van der Waals surface area (Å²) in [6.07, 6.45) is 3.15. The fourth-order valence-electron chi connectivity index (χ4n) is 2.38. The molecule has 1 aromatic heterocycles. The second-order valence-electron chi connectivity index (χ2n) is 5.72. The SMILES string of the molecule is Cc1ccc(NC(=S)N[C@@H](C)c2ccc(-n3cncn3)cc2)cc1F. The van der Waals surface area contributed by atoms with E-state index in [0.29, 0.717) is 16.4 Å². The van der Waals surface area contributed by atoms with Gasteiger partial charge >= 0.3 is 0 Å². The van der Waals surface area contributed by atoms with Crippen LogP contribution in [0, 0.1) is 12.7 Å². The van der Waals surface area contributed by atoms with E-state index < -0.39 is 0 Å². The Bertz CT molecular complexity index is 862. The quantitative estimate of drug-likeness (QED) is 0.698. The van der Waals surface area contributed by atoms with Crippen molar-refractivity contribution in [3.8, 4) is 5.69 Å². The first-order chi connectivity index (χ1) is 12.0. The molecule has 25 heavy (non-hydrogen) atoms. The Balaban J connectivity index is 1.62. The van der Waals surface area contributed by atoms with E-state index in [1.165, 1.54) is 12.4 Å². The van der Waals surface area contributed by atoms with Crippen molar-refractivity contribution in [3.05, 3.63) is 72.1 Å². The van der Waals surface area contributed by atoms with Gasteiger partial charge in [0, 0.05) is 5.69 Å². The lowest BCUT2D eigenvalue weighted by Crippen LogP contribution is -2.30. The molecular formula is C18H18FN5S. The molecule has 2 aromatic carbocycles. The first kappa shape index (κ1) is 17.0. The third-order valence-corrected chi connectivity index (χ3v) is 4.07. The van der Waals surface area contributed by atoms with Crippen LogP contribution in [0.1, 0.15) is 24.1 Å². The van der Waals surface area contributed by atoms with Gasteiger partial charge in [0.2, 0.25) is 0 Å². The lowest BCUT2D eigenvalue weighted by Gasteiger charge is -2.18. The third kappa shape index (κ3) is 4.19. The van der Waals surface area contributed by atoms with Gasteiger partial charge in [0.25, 0.3) is 0 Å². The molecule has 0 aliphatic carbocycles. The van der Waals surface area contributed by atoms with Gasteiger partial charge in [0.1, 0.15) is 18.5 Å². The van der Waals surface area contributed by atoms with Gasteiger partial charge < -0.3 is 10.6 Å². The van der Waals surface area contributed by atoms with Gasteiger partial charge in [-0.05, 0) is 61.5 Å². The molecule has 0 unspecified atom stereocenters. The van der Waals surface area contributed by atoms with Crippen molar-refractivity contribution in [1.82, 2.24) is 20.1 Å². The lowest BCUT2D eigenvalue weighted by atomic mass is 10.1. The summed E-state index contributed by atoms with van der Waals surface area (Å²) < 4.78 is 15.3. The number of thiocarbonyl (C=S) groups is 1. The highest BCUT2D eigenvalue weighted by atomic mass is 32.1. The smallest absolute Gasteiger partial charge is 0.171 e. The van der Waals surface area contributed by atoms with E-state index in [4.69, 9.17) is 12.2 Å². The van der Waals surface area contributed by atoms with Crippen LogP contribution < -0.4 is 10.6 Å². The molecule has 1 atom stereocenters. The van der Waals surface area contributed by atoms with Crippen LogP contribution in [0.4, 0.5) is 10.1 Å². The number of benzene rings is 2. The normalized spacial score (nSPS) is 11.8. The summed E-state index contributed by atoms with van der Waals surface area (Å²) in [5, 5.41) is 10.7. The van der Waals surface area contributed by atoms with E-state index in [-0.39, 0.29) is 11.9 Å². The minimum Gasteiger partial charge on any atom is -0.356 e. The number of aromatic nitrogens is 3. The van der Waals surface area contributed by atoms with Crippen molar-refractivity contribution in [2.45, 2.75) is 19.9 Å². The number of anilines is 1. The molecule has 5 nitrogen and oxygen atoms in total. The molecule has 0 aliphatic rings. The topological polar surface area (TPSA) is 54.8 Å². The molecule has 3 aromatic rings. The number of aryl methyl sites for hydroxylation is 1. The van der Waals surface area contributed by atoms with Crippen LogP contribution in [0.2, 0.25) is 0 Å². The molecular weight excluding hydrogens is 337 g/mol. The molecule has 128 valence electrons. The molecule has 0 fully saturated rings. The summed E-state index contributed by atoms with van der Waals surface area (Å²) in [6, 6.07) is 12.9. The zero-order chi connectivity index (χ0) is 17.8. The van der Waals surface area contributed by atoms with Gasteiger partial charge in [-0.2, -0.15) is 5.10 Å². The summed E-state index contributed by atoms with van der Waals surface area (Å²) in [5.74, 6) is -0.260. The van der Waals surface area contributed by atoms with E-state index in [0.717, 1.165) is 11.3 Å².